The predicted molar refractivity (Wildman–Crippen MR) is 172 cm³/mol. The molecule has 0 spiro atoms. The van der Waals surface area contributed by atoms with E-state index < -0.39 is 29.2 Å². The molecule has 8 nitrogen and oxygen atoms in total. The van der Waals surface area contributed by atoms with E-state index in [9.17, 15) is 0 Å². The van der Waals surface area contributed by atoms with Crippen molar-refractivity contribution < 1.29 is 18.9 Å². The highest BCUT2D eigenvalue weighted by Crippen LogP contribution is 2.55. The van der Waals surface area contributed by atoms with E-state index >= 15 is 0 Å². The molecule has 3 aromatic carbocycles. The van der Waals surface area contributed by atoms with E-state index in [0.29, 0.717) is 5.82 Å². The molecule has 228 valence electrons. The summed E-state index contributed by atoms with van der Waals surface area (Å²) in [5.74, 6) is -0.130. The molecule has 3 aliphatic heterocycles. The number of aliphatic imine (C=N–C) groups is 1. The smallest absolute Gasteiger partial charge is 0.179 e. The molecule has 0 radical (unpaired) electrons. The van der Waals surface area contributed by atoms with E-state index in [1.54, 1.807) is 6.33 Å². The van der Waals surface area contributed by atoms with Gasteiger partial charge in [0.1, 0.15) is 41.4 Å². The van der Waals surface area contributed by atoms with Crippen molar-refractivity contribution in [3.05, 3.63) is 126 Å². The molecule has 45 heavy (non-hydrogen) atoms. The number of fused-ring (bicyclic) bond motifs is 1. The molecule has 8 rings (SSSR count). The minimum atomic E-state index is -0.885. The number of ether oxygens (including phenoxy) is 4. The summed E-state index contributed by atoms with van der Waals surface area (Å²) in [5.41, 5.74) is 4.11. The first kappa shape index (κ1) is 28.3. The fourth-order valence-corrected chi connectivity index (χ4v) is 7.50. The number of aryl methyl sites for hydroxylation is 1. The van der Waals surface area contributed by atoms with E-state index in [2.05, 4.69) is 100 Å². The summed E-state index contributed by atoms with van der Waals surface area (Å²) in [5, 5.41) is 0. The van der Waals surface area contributed by atoms with Gasteiger partial charge in [0.15, 0.2) is 11.6 Å². The maximum Gasteiger partial charge on any atom is 0.179 e. The number of hydrogen-bond acceptors (Lipinski definition) is 7. The van der Waals surface area contributed by atoms with E-state index in [0.717, 1.165) is 46.3 Å². The lowest BCUT2D eigenvalue weighted by atomic mass is 9.80. The number of rotatable bonds is 7. The molecular formula is C37H36N4O4. The van der Waals surface area contributed by atoms with Crippen LogP contribution in [0.5, 0.6) is 0 Å². The molecule has 0 amide bonds. The lowest BCUT2D eigenvalue weighted by Gasteiger charge is -2.37. The van der Waals surface area contributed by atoms with Gasteiger partial charge in [-0.1, -0.05) is 91.0 Å². The van der Waals surface area contributed by atoms with Gasteiger partial charge in [0, 0.05) is 30.9 Å². The van der Waals surface area contributed by atoms with Gasteiger partial charge in [-0.05, 0) is 37.5 Å². The largest absolute Gasteiger partial charge is 0.362 e. The summed E-state index contributed by atoms with van der Waals surface area (Å²) < 4.78 is 29.7. The standard InChI is InChI=1S/C37H36N4O4/c1-35(2)44-33-29(43-32(36(33,3)45-35)28-22-41-21-13-20-38-34-31(41)30(28)39-24-40-34)23-42-37(25-14-7-4-8-15-25,26-16-9-5-10-17-26)27-18-11-6-12-19-27/h4-12,14-20,22,24,29,32-33H,13,21,23H2,1-3H3/t29-,32+,33-,36+/m1/s1. The van der Waals surface area contributed by atoms with Gasteiger partial charge in [-0.25, -0.2) is 15.0 Å². The minimum Gasteiger partial charge on any atom is -0.362 e. The fourth-order valence-electron chi connectivity index (χ4n) is 7.50. The first-order valence-corrected chi connectivity index (χ1v) is 15.6. The molecule has 3 aliphatic rings. The maximum atomic E-state index is 7.23. The van der Waals surface area contributed by atoms with Crippen molar-refractivity contribution in [3.63, 3.8) is 0 Å². The van der Waals surface area contributed by atoms with Gasteiger partial charge in [0.2, 0.25) is 0 Å². The molecule has 8 heteroatoms. The lowest BCUT2D eigenvalue weighted by molar-refractivity contribution is -0.210. The van der Waals surface area contributed by atoms with Gasteiger partial charge in [-0.3, -0.25) is 0 Å². The molecule has 0 bridgehead atoms. The van der Waals surface area contributed by atoms with Gasteiger partial charge in [0.05, 0.1) is 12.1 Å². The summed E-state index contributed by atoms with van der Waals surface area (Å²) >= 11 is 0. The minimum absolute atomic E-state index is 0.262. The third kappa shape index (κ3) is 4.55. The molecular weight excluding hydrogens is 564 g/mol. The van der Waals surface area contributed by atoms with E-state index in [1.807, 2.05) is 38.3 Å². The van der Waals surface area contributed by atoms with Crippen LogP contribution in [-0.2, 0) is 31.1 Å². The van der Waals surface area contributed by atoms with Crippen LogP contribution >= 0.6 is 0 Å². The van der Waals surface area contributed by atoms with Crippen LogP contribution in [0.1, 0.15) is 55.5 Å². The Morgan fingerprint density at radius 2 is 1.49 bits per heavy atom. The Morgan fingerprint density at radius 3 is 2.11 bits per heavy atom. The van der Waals surface area contributed by atoms with E-state index in [-0.39, 0.29) is 12.7 Å². The van der Waals surface area contributed by atoms with Crippen molar-refractivity contribution in [2.45, 2.75) is 69.0 Å². The Labute approximate surface area is 262 Å². The summed E-state index contributed by atoms with van der Waals surface area (Å²) in [4.78, 5) is 13.8. The Balaban J connectivity index is 1.22. The summed E-state index contributed by atoms with van der Waals surface area (Å²) in [6.45, 7) is 7.06. The number of aromatic nitrogens is 3. The molecule has 2 aromatic heterocycles. The van der Waals surface area contributed by atoms with Crippen LogP contribution in [0, 0.1) is 0 Å². The first-order chi connectivity index (χ1) is 21.9. The van der Waals surface area contributed by atoms with Crippen LogP contribution in [-0.4, -0.2) is 51.0 Å². The van der Waals surface area contributed by atoms with Gasteiger partial charge in [-0.2, -0.15) is 0 Å². The van der Waals surface area contributed by atoms with Crippen molar-refractivity contribution in [3.8, 4) is 0 Å². The predicted octanol–water partition coefficient (Wildman–Crippen LogP) is 6.90. The van der Waals surface area contributed by atoms with Gasteiger partial charge in [0.25, 0.3) is 0 Å². The van der Waals surface area contributed by atoms with Gasteiger partial charge < -0.3 is 23.5 Å². The zero-order valence-corrected chi connectivity index (χ0v) is 25.7. The third-order valence-electron chi connectivity index (χ3n) is 9.27. The monoisotopic (exact) mass is 600 g/mol. The molecule has 4 atom stereocenters. The maximum absolute atomic E-state index is 7.23. The molecule has 0 aliphatic carbocycles. The average molecular weight is 601 g/mol. The second-order valence-electron chi connectivity index (χ2n) is 12.6. The van der Waals surface area contributed by atoms with Crippen LogP contribution in [0.25, 0.3) is 11.0 Å². The van der Waals surface area contributed by atoms with E-state index in [1.165, 1.54) is 0 Å². The van der Waals surface area contributed by atoms with Crippen molar-refractivity contribution in [1.82, 2.24) is 14.5 Å². The van der Waals surface area contributed by atoms with Gasteiger partial charge >= 0.3 is 0 Å². The van der Waals surface area contributed by atoms with Crippen LogP contribution in [0.15, 0.2) is 109 Å². The van der Waals surface area contributed by atoms with Crippen LogP contribution in [0.4, 0.5) is 5.82 Å². The van der Waals surface area contributed by atoms with Crippen LogP contribution in [0.3, 0.4) is 0 Å². The highest BCUT2D eigenvalue weighted by molar-refractivity contribution is 5.90. The molecule has 0 unspecified atom stereocenters. The molecule has 0 saturated carbocycles. The highest BCUT2D eigenvalue weighted by atomic mass is 16.8. The molecule has 2 fully saturated rings. The lowest BCUT2D eigenvalue weighted by Crippen LogP contribution is -2.42. The second kappa shape index (κ2) is 10.7. The van der Waals surface area contributed by atoms with Crippen LogP contribution in [0.2, 0.25) is 0 Å². The highest BCUT2D eigenvalue weighted by Gasteiger charge is 2.64. The number of benzene rings is 3. The quantitative estimate of drug-likeness (QED) is 0.189. The number of nitrogens with zero attached hydrogens (tertiary/aromatic N) is 4. The zero-order valence-electron chi connectivity index (χ0n) is 25.7. The zero-order chi connectivity index (χ0) is 30.6. The Morgan fingerprint density at radius 1 is 0.867 bits per heavy atom. The SMILES string of the molecule is CC1(C)O[C@@H]2[C@@H](COC(c3ccccc3)(c3ccccc3)c3ccccc3)O[C@@H](c3cn4c5c(ncnc35)N=CCC4)[C@]2(C)O1. The van der Waals surface area contributed by atoms with E-state index in [4.69, 9.17) is 23.9 Å². The Kier molecular flexibility index (Phi) is 6.73. The van der Waals surface area contributed by atoms with Crippen LogP contribution < -0.4 is 0 Å². The second-order valence-corrected chi connectivity index (χ2v) is 12.6. The fraction of sp³-hybridized carbons (Fsp3) is 0.324. The van der Waals surface area contributed by atoms with Crippen molar-refractivity contribution in [1.29, 1.82) is 0 Å². The number of hydrogen-bond donors (Lipinski definition) is 0. The molecule has 2 saturated heterocycles. The van der Waals surface area contributed by atoms with Crippen molar-refractivity contribution in [2.24, 2.45) is 4.99 Å². The van der Waals surface area contributed by atoms with Crippen molar-refractivity contribution >= 4 is 23.1 Å². The third-order valence-corrected chi connectivity index (χ3v) is 9.27. The summed E-state index contributed by atoms with van der Waals surface area (Å²) in [6.07, 6.45) is 5.17. The molecule has 5 aromatic rings. The average Bonchev–Trinajstić information content (AvgIpc) is 3.57. The first-order valence-electron chi connectivity index (χ1n) is 15.6. The summed E-state index contributed by atoms with van der Waals surface area (Å²) in [7, 11) is 0. The molecule has 5 heterocycles. The summed E-state index contributed by atoms with van der Waals surface area (Å²) in [6, 6.07) is 31.2. The van der Waals surface area contributed by atoms with Gasteiger partial charge in [-0.15, -0.1) is 0 Å². The molecule has 0 N–H and O–H groups in total. The Hall–Kier alpha value is -4.21. The normalized spacial score (nSPS) is 25.4. The van der Waals surface area contributed by atoms with Crippen molar-refractivity contribution in [2.75, 3.05) is 6.61 Å². The topological polar surface area (TPSA) is 80.0 Å². The Bertz CT molecular complexity index is 1760.